The lowest BCUT2D eigenvalue weighted by Crippen LogP contribution is -1.99. The Balaban J connectivity index is 3.16. The summed E-state index contributed by atoms with van der Waals surface area (Å²) in [4.78, 5) is 0. The number of allylic oxidation sites excluding steroid dienone is 2. The highest BCUT2D eigenvalue weighted by molar-refractivity contribution is 4.85. The zero-order valence-electron chi connectivity index (χ0n) is 8.71. The molecule has 1 heteroatoms. The SMILES string of the molecule is C=CC(O)CCC=CCCCCC. The van der Waals surface area contributed by atoms with Gasteiger partial charge in [0.25, 0.3) is 0 Å². The molecule has 1 N–H and O–H groups in total. The summed E-state index contributed by atoms with van der Waals surface area (Å²) in [5, 5.41) is 9.15. The summed E-state index contributed by atoms with van der Waals surface area (Å²) in [5.74, 6) is 0. The van der Waals surface area contributed by atoms with Gasteiger partial charge in [0.1, 0.15) is 0 Å². The van der Waals surface area contributed by atoms with Crippen LogP contribution in [0.25, 0.3) is 0 Å². The Labute approximate surface area is 82.2 Å². The van der Waals surface area contributed by atoms with Crippen LogP contribution in [0.2, 0.25) is 0 Å². The molecule has 0 aliphatic rings. The Bertz CT molecular complexity index is 138. The number of hydrogen-bond acceptors (Lipinski definition) is 1. The van der Waals surface area contributed by atoms with Gasteiger partial charge < -0.3 is 5.11 Å². The van der Waals surface area contributed by atoms with Crippen molar-refractivity contribution >= 4 is 0 Å². The van der Waals surface area contributed by atoms with E-state index in [-0.39, 0.29) is 6.10 Å². The summed E-state index contributed by atoms with van der Waals surface area (Å²) >= 11 is 0. The quantitative estimate of drug-likeness (QED) is 0.450. The molecule has 0 rings (SSSR count). The topological polar surface area (TPSA) is 20.2 Å². The van der Waals surface area contributed by atoms with Crippen LogP contribution >= 0.6 is 0 Å². The van der Waals surface area contributed by atoms with Crippen LogP contribution in [0.5, 0.6) is 0 Å². The second-order valence-corrected chi connectivity index (χ2v) is 3.35. The molecule has 0 aromatic carbocycles. The molecule has 0 heterocycles. The molecule has 0 aliphatic carbocycles. The molecule has 1 atom stereocenters. The van der Waals surface area contributed by atoms with Crippen molar-refractivity contribution in [2.24, 2.45) is 0 Å². The van der Waals surface area contributed by atoms with E-state index in [4.69, 9.17) is 5.11 Å². The van der Waals surface area contributed by atoms with E-state index in [2.05, 4.69) is 25.7 Å². The molecule has 0 aliphatic heterocycles. The molecule has 1 nitrogen and oxygen atoms in total. The van der Waals surface area contributed by atoms with Gasteiger partial charge in [-0.15, -0.1) is 6.58 Å². The van der Waals surface area contributed by atoms with Crippen molar-refractivity contribution in [2.75, 3.05) is 0 Å². The Morgan fingerprint density at radius 2 is 1.92 bits per heavy atom. The molecule has 0 aromatic rings. The molecule has 76 valence electrons. The fraction of sp³-hybridized carbons (Fsp3) is 0.667. The van der Waals surface area contributed by atoms with E-state index in [1.807, 2.05) is 0 Å². The van der Waals surface area contributed by atoms with Crippen LogP contribution in [0.15, 0.2) is 24.8 Å². The third-order valence-electron chi connectivity index (χ3n) is 2.04. The molecule has 13 heavy (non-hydrogen) atoms. The molecule has 0 bridgehead atoms. The van der Waals surface area contributed by atoms with Gasteiger partial charge in [-0.1, -0.05) is 38.0 Å². The van der Waals surface area contributed by atoms with Crippen molar-refractivity contribution < 1.29 is 5.11 Å². The summed E-state index contributed by atoms with van der Waals surface area (Å²) in [7, 11) is 0. The molecule has 0 aromatic heterocycles. The normalized spacial score (nSPS) is 13.4. The average Bonchev–Trinajstić information content (AvgIpc) is 2.16. The zero-order valence-corrected chi connectivity index (χ0v) is 8.71. The predicted molar refractivity (Wildman–Crippen MR) is 58.7 cm³/mol. The molecule has 1 unspecified atom stereocenters. The van der Waals surface area contributed by atoms with E-state index < -0.39 is 0 Å². The number of aliphatic hydroxyl groups is 1. The largest absolute Gasteiger partial charge is 0.389 e. The third kappa shape index (κ3) is 9.35. The zero-order chi connectivity index (χ0) is 9.94. The molecular weight excluding hydrogens is 160 g/mol. The highest BCUT2D eigenvalue weighted by atomic mass is 16.3. The van der Waals surface area contributed by atoms with E-state index in [0.717, 1.165) is 12.8 Å². The molecule has 0 spiro atoms. The van der Waals surface area contributed by atoms with Crippen LogP contribution in [0.3, 0.4) is 0 Å². The maximum absolute atomic E-state index is 9.15. The van der Waals surface area contributed by atoms with Gasteiger partial charge in [0, 0.05) is 0 Å². The summed E-state index contributed by atoms with van der Waals surface area (Å²) in [6, 6.07) is 0. The summed E-state index contributed by atoms with van der Waals surface area (Å²) in [6.45, 7) is 5.74. The van der Waals surface area contributed by atoms with E-state index in [0.29, 0.717) is 0 Å². The number of rotatable bonds is 8. The smallest absolute Gasteiger partial charge is 0.0721 e. The van der Waals surface area contributed by atoms with Crippen LogP contribution in [-0.2, 0) is 0 Å². The molecule has 0 fully saturated rings. The summed E-state index contributed by atoms with van der Waals surface area (Å²) < 4.78 is 0. The molecular formula is C12H22O. The van der Waals surface area contributed by atoms with Gasteiger partial charge in [0.15, 0.2) is 0 Å². The highest BCUT2D eigenvalue weighted by Gasteiger charge is 1.93. The van der Waals surface area contributed by atoms with Crippen LogP contribution < -0.4 is 0 Å². The summed E-state index contributed by atoms with van der Waals surface area (Å²) in [6.07, 6.45) is 12.4. The highest BCUT2D eigenvalue weighted by Crippen LogP contribution is 2.02. The first-order valence-corrected chi connectivity index (χ1v) is 5.26. The minimum Gasteiger partial charge on any atom is -0.389 e. The minimum absolute atomic E-state index is 0.333. The van der Waals surface area contributed by atoms with Crippen molar-refractivity contribution in [3.63, 3.8) is 0 Å². The molecule has 0 saturated heterocycles. The Morgan fingerprint density at radius 3 is 2.54 bits per heavy atom. The van der Waals surface area contributed by atoms with Crippen molar-refractivity contribution in [3.05, 3.63) is 24.8 Å². The number of hydrogen-bond donors (Lipinski definition) is 1. The van der Waals surface area contributed by atoms with Crippen molar-refractivity contribution in [2.45, 2.75) is 51.6 Å². The first kappa shape index (κ1) is 12.4. The predicted octanol–water partition coefficient (Wildman–Crippen LogP) is 3.45. The first-order chi connectivity index (χ1) is 6.31. The van der Waals surface area contributed by atoms with E-state index in [9.17, 15) is 0 Å². The van der Waals surface area contributed by atoms with Gasteiger partial charge in [-0.25, -0.2) is 0 Å². The lowest BCUT2D eigenvalue weighted by molar-refractivity contribution is 0.214. The second-order valence-electron chi connectivity index (χ2n) is 3.35. The van der Waals surface area contributed by atoms with Gasteiger partial charge in [-0.05, 0) is 25.7 Å². The fourth-order valence-corrected chi connectivity index (χ4v) is 1.13. The van der Waals surface area contributed by atoms with E-state index >= 15 is 0 Å². The van der Waals surface area contributed by atoms with Gasteiger partial charge >= 0.3 is 0 Å². The third-order valence-corrected chi connectivity index (χ3v) is 2.04. The maximum Gasteiger partial charge on any atom is 0.0721 e. The number of aliphatic hydroxyl groups excluding tert-OH is 1. The monoisotopic (exact) mass is 182 g/mol. The van der Waals surface area contributed by atoms with Crippen LogP contribution in [0, 0.1) is 0 Å². The van der Waals surface area contributed by atoms with Crippen LogP contribution in [0.4, 0.5) is 0 Å². The van der Waals surface area contributed by atoms with Crippen molar-refractivity contribution in [1.29, 1.82) is 0 Å². The average molecular weight is 182 g/mol. The van der Waals surface area contributed by atoms with Crippen molar-refractivity contribution in [3.8, 4) is 0 Å². The standard InChI is InChI=1S/C12H22O/c1-3-5-6-7-8-9-10-11-12(13)4-2/h4,8-9,12-13H,2-3,5-7,10-11H2,1H3. The lowest BCUT2D eigenvalue weighted by Gasteiger charge is -2.00. The van der Waals surface area contributed by atoms with Gasteiger partial charge in [0.2, 0.25) is 0 Å². The Morgan fingerprint density at radius 1 is 1.23 bits per heavy atom. The molecule has 0 saturated carbocycles. The van der Waals surface area contributed by atoms with E-state index in [1.165, 1.54) is 25.7 Å². The molecule has 0 radical (unpaired) electrons. The number of unbranched alkanes of at least 4 members (excludes halogenated alkanes) is 3. The van der Waals surface area contributed by atoms with Gasteiger partial charge in [-0.3, -0.25) is 0 Å². The minimum atomic E-state index is -0.333. The Hall–Kier alpha value is -0.560. The van der Waals surface area contributed by atoms with Gasteiger partial charge in [-0.2, -0.15) is 0 Å². The maximum atomic E-state index is 9.15. The van der Waals surface area contributed by atoms with Crippen LogP contribution in [0.1, 0.15) is 45.4 Å². The second kappa shape index (κ2) is 9.53. The van der Waals surface area contributed by atoms with Gasteiger partial charge in [0.05, 0.1) is 6.10 Å². The van der Waals surface area contributed by atoms with Crippen molar-refractivity contribution in [1.82, 2.24) is 0 Å². The molecule has 0 amide bonds. The Kier molecular flexibility index (Phi) is 9.12. The van der Waals surface area contributed by atoms with E-state index in [1.54, 1.807) is 6.08 Å². The fourth-order valence-electron chi connectivity index (χ4n) is 1.13. The summed E-state index contributed by atoms with van der Waals surface area (Å²) in [5.41, 5.74) is 0. The van der Waals surface area contributed by atoms with Crippen LogP contribution in [-0.4, -0.2) is 11.2 Å². The lowest BCUT2D eigenvalue weighted by atomic mass is 10.1. The first-order valence-electron chi connectivity index (χ1n) is 5.26.